The molecule has 0 fully saturated rings. The highest BCUT2D eigenvalue weighted by Crippen LogP contribution is 2.14. The standard InChI is InChI=1S/C8H8F3N3O4S/c9-8(10,11)4-13-19(17,18)14-6-1-5(7(15)16)2-12-3-6/h1-3,13-14H,4H2,(H,15,16). The van der Waals surface area contributed by atoms with Gasteiger partial charge in [0.25, 0.3) is 10.2 Å². The smallest absolute Gasteiger partial charge is 0.402 e. The first kappa shape index (κ1) is 15.2. The lowest BCUT2D eigenvalue weighted by molar-refractivity contribution is -0.121. The Balaban J connectivity index is 2.78. The number of pyridine rings is 1. The van der Waals surface area contributed by atoms with Crippen LogP contribution in [0.4, 0.5) is 18.9 Å². The molecule has 1 rings (SSSR count). The molecule has 0 saturated heterocycles. The summed E-state index contributed by atoms with van der Waals surface area (Å²) in [6, 6.07) is 0.919. The number of hydrogen-bond donors (Lipinski definition) is 3. The van der Waals surface area contributed by atoms with E-state index in [1.165, 1.54) is 4.72 Å². The van der Waals surface area contributed by atoms with Crippen LogP contribution in [-0.4, -0.2) is 37.2 Å². The van der Waals surface area contributed by atoms with Crippen LogP contribution in [0.5, 0.6) is 0 Å². The lowest BCUT2D eigenvalue weighted by atomic mass is 10.3. The Hall–Kier alpha value is -1.88. The lowest BCUT2D eigenvalue weighted by Gasteiger charge is -2.11. The number of carboxylic acid groups (broad SMARTS) is 1. The molecule has 0 aliphatic carbocycles. The van der Waals surface area contributed by atoms with Crippen molar-refractivity contribution in [1.29, 1.82) is 0 Å². The van der Waals surface area contributed by atoms with Crippen molar-refractivity contribution in [3.05, 3.63) is 24.0 Å². The molecule has 0 aromatic carbocycles. The van der Waals surface area contributed by atoms with Crippen molar-refractivity contribution in [2.45, 2.75) is 6.18 Å². The first-order valence-corrected chi connectivity index (χ1v) is 6.10. The van der Waals surface area contributed by atoms with Gasteiger partial charge >= 0.3 is 12.1 Å². The van der Waals surface area contributed by atoms with Crippen LogP contribution in [0.1, 0.15) is 10.4 Å². The highest BCUT2D eigenvalue weighted by atomic mass is 32.2. The van der Waals surface area contributed by atoms with Crippen molar-refractivity contribution >= 4 is 21.9 Å². The zero-order chi connectivity index (χ0) is 14.7. The number of halogens is 3. The molecule has 0 atom stereocenters. The summed E-state index contributed by atoms with van der Waals surface area (Å²) in [5.74, 6) is -1.35. The van der Waals surface area contributed by atoms with Gasteiger partial charge in [-0.25, -0.2) is 4.79 Å². The van der Waals surface area contributed by atoms with Gasteiger partial charge in [0.05, 0.1) is 17.4 Å². The number of nitrogens with one attached hydrogen (secondary N) is 2. The number of alkyl halides is 3. The maximum atomic E-state index is 11.8. The quantitative estimate of drug-likeness (QED) is 0.737. The molecule has 0 aliphatic rings. The van der Waals surface area contributed by atoms with Crippen LogP contribution in [0.15, 0.2) is 18.5 Å². The molecule has 1 heterocycles. The average molecular weight is 299 g/mol. The lowest BCUT2D eigenvalue weighted by Crippen LogP contribution is -2.37. The van der Waals surface area contributed by atoms with Crippen LogP contribution in [0.2, 0.25) is 0 Å². The highest BCUT2D eigenvalue weighted by molar-refractivity contribution is 7.90. The van der Waals surface area contributed by atoms with E-state index in [1.807, 2.05) is 0 Å². The molecule has 11 heteroatoms. The van der Waals surface area contributed by atoms with E-state index >= 15 is 0 Å². The fourth-order valence-electron chi connectivity index (χ4n) is 0.981. The predicted octanol–water partition coefficient (Wildman–Crippen LogP) is 0.588. The molecule has 0 bridgehead atoms. The summed E-state index contributed by atoms with van der Waals surface area (Å²) in [4.78, 5) is 14.0. The zero-order valence-electron chi connectivity index (χ0n) is 9.10. The number of aromatic carboxylic acids is 1. The predicted molar refractivity (Wildman–Crippen MR) is 57.8 cm³/mol. The van der Waals surface area contributed by atoms with E-state index in [-0.39, 0.29) is 11.3 Å². The zero-order valence-corrected chi connectivity index (χ0v) is 9.92. The summed E-state index contributed by atoms with van der Waals surface area (Å²) < 4.78 is 61.0. The van der Waals surface area contributed by atoms with Crippen molar-refractivity contribution in [1.82, 2.24) is 9.71 Å². The molecular formula is C8H8F3N3O4S. The summed E-state index contributed by atoms with van der Waals surface area (Å²) in [6.07, 6.45) is -2.78. The largest absolute Gasteiger partial charge is 0.478 e. The summed E-state index contributed by atoms with van der Waals surface area (Å²) >= 11 is 0. The van der Waals surface area contributed by atoms with Crippen molar-refractivity contribution in [2.24, 2.45) is 0 Å². The first-order valence-electron chi connectivity index (χ1n) is 4.61. The van der Waals surface area contributed by atoms with Gasteiger partial charge in [-0.05, 0) is 6.07 Å². The number of carboxylic acids is 1. The van der Waals surface area contributed by atoms with E-state index in [0.717, 1.165) is 18.5 Å². The second kappa shape index (κ2) is 5.40. The van der Waals surface area contributed by atoms with Gasteiger partial charge in [-0.1, -0.05) is 0 Å². The Labute approximate surface area is 105 Å². The second-order valence-electron chi connectivity index (χ2n) is 3.31. The Morgan fingerprint density at radius 3 is 2.53 bits per heavy atom. The van der Waals surface area contributed by atoms with Crippen molar-refractivity contribution < 1.29 is 31.5 Å². The molecule has 0 amide bonds. The van der Waals surface area contributed by atoms with Crippen LogP contribution >= 0.6 is 0 Å². The molecule has 0 unspecified atom stereocenters. The molecule has 1 aromatic heterocycles. The van der Waals surface area contributed by atoms with Gasteiger partial charge in [0.2, 0.25) is 0 Å². The first-order chi connectivity index (χ1) is 8.59. The van der Waals surface area contributed by atoms with E-state index in [4.69, 9.17) is 5.11 Å². The van der Waals surface area contributed by atoms with Crippen molar-refractivity contribution in [3.63, 3.8) is 0 Å². The number of nitrogens with zero attached hydrogens (tertiary/aromatic N) is 1. The number of anilines is 1. The SMILES string of the molecule is O=C(O)c1cncc(NS(=O)(=O)NCC(F)(F)F)c1. The summed E-state index contributed by atoms with van der Waals surface area (Å²) in [6.45, 7) is -1.74. The van der Waals surface area contributed by atoms with Crippen molar-refractivity contribution in [2.75, 3.05) is 11.3 Å². The summed E-state index contributed by atoms with van der Waals surface area (Å²) in [5, 5.41) is 8.64. The average Bonchev–Trinajstić information content (AvgIpc) is 2.25. The normalized spacial score (nSPS) is 12.2. The Morgan fingerprint density at radius 1 is 1.37 bits per heavy atom. The van der Waals surface area contributed by atoms with Crippen LogP contribution in [0.25, 0.3) is 0 Å². The maximum absolute atomic E-state index is 11.8. The Morgan fingerprint density at radius 2 is 2.00 bits per heavy atom. The van der Waals surface area contributed by atoms with E-state index < -0.39 is 28.9 Å². The van der Waals surface area contributed by atoms with Gasteiger partial charge in [-0.2, -0.15) is 26.3 Å². The van der Waals surface area contributed by atoms with Crippen LogP contribution < -0.4 is 9.44 Å². The van der Waals surface area contributed by atoms with E-state index in [9.17, 15) is 26.4 Å². The molecular weight excluding hydrogens is 291 g/mol. The number of rotatable bonds is 5. The maximum Gasteiger partial charge on any atom is 0.402 e. The van der Waals surface area contributed by atoms with Gasteiger partial charge in [0.15, 0.2) is 0 Å². The topological polar surface area (TPSA) is 108 Å². The molecule has 1 aromatic rings. The fraction of sp³-hybridized carbons (Fsp3) is 0.250. The van der Waals surface area contributed by atoms with Gasteiger partial charge in [-0.3, -0.25) is 9.71 Å². The van der Waals surface area contributed by atoms with Gasteiger partial charge < -0.3 is 5.11 Å². The third-order valence-corrected chi connectivity index (χ3v) is 2.73. The van der Waals surface area contributed by atoms with Gasteiger partial charge in [0, 0.05) is 6.20 Å². The minimum Gasteiger partial charge on any atom is -0.478 e. The highest BCUT2D eigenvalue weighted by Gasteiger charge is 2.29. The number of hydrogen-bond acceptors (Lipinski definition) is 4. The molecule has 3 N–H and O–H groups in total. The molecule has 106 valence electrons. The van der Waals surface area contributed by atoms with E-state index in [2.05, 4.69) is 4.98 Å². The Bertz CT molecular complexity index is 573. The van der Waals surface area contributed by atoms with Crippen LogP contribution in [0, 0.1) is 0 Å². The third kappa shape index (κ3) is 5.52. The number of aromatic nitrogens is 1. The van der Waals surface area contributed by atoms with E-state index in [1.54, 1.807) is 4.72 Å². The van der Waals surface area contributed by atoms with Gasteiger partial charge in [-0.15, -0.1) is 0 Å². The molecule has 0 aliphatic heterocycles. The van der Waals surface area contributed by atoms with E-state index in [0.29, 0.717) is 0 Å². The summed E-state index contributed by atoms with van der Waals surface area (Å²) in [7, 11) is -4.46. The molecule has 7 nitrogen and oxygen atoms in total. The molecule has 0 saturated carbocycles. The Kier molecular flexibility index (Phi) is 4.32. The molecule has 0 radical (unpaired) electrons. The minimum atomic E-state index is -4.70. The van der Waals surface area contributed by atoms with Crippen LogP contribution in [-0.2, 0) is 10.2 Å². The minimum absolute atomic E-state index is 0.269. The van der Waals surface area contributed by atoms with Crippen LogP contribution in [0.3, 0.4) is 0 Å². The summed E-state index contributed by atoms with van der Waals surface area (Å²) in [5.41, 5.74) is -0.578. The van der Waals surface area contributed by atoms with Crippen molar-refractivity contribution in [3.8, 4) is 0 Å². The second-order valence-corrected chi connectivity index (χ2v) is 4.81. The number of carbonyl (C=O) groups is 1. The molecule has 0 spiro atoms. The fourth-order valence-corrected chi connectivity index (χ4v) is 1.83. The molecule has 19 heavy (non-hydrogen) atoms. The third-order valence-electron chi connectivity index (χ3n) is 1.70. The van der Waals surface area contributed by atoms with Gasteiger partial charge in [0.1, 0.15) is 6.54 Å². The monoisotopic (exact) mass is 299 g/mol.